The van der Waals surface area contributed by atoms with E-state index in [-0.39, 0.29) is 17.3 Å². The number of rotatable bonds is 3. The van der Waals surface area contributed by atoms with Crippen molar-refractivity contribution in [1.29, 1.82) is 0 Å². The maximum atomic E-state index is 12.8. The van der Waals surface area contributed by atoms with E-state index in [0.29, 0.717) is 29.8 Å². The summed E-state index contributed by atoms with van der Waals surface area (Å²) in [5.41, 5.74) is 4.09. The molecule has 1 aromatic heterocycles. The monoisotopic (exact) mass is 386 g/mol. The van der Waals surface area contributed by atoms with E-state index in [1.54, 1.807) is 0 Å². The van der Waals surface area contributed by atoms with Crippen LogP contribution in [0.3, 0.4) is 0 Å². The Hall–Kier alpha value is -3.47. The summed E-state index contributed by atoms with van der Waals surface area (Å²) in [5, 5.41) is 2.82. The molecule has 0 saturated carbocycles. The number of aryl methyl sites for hydroxylation is 2. The predicted molar refractivity (Wildman–Crippen MR) is 113 cm³/mol. The fourth-order valence-corrected chi connectivity index (χ4v) is 3.95. The van der Waals surface area contributed by atoms with Gasteiger partial charge in [-0.15, -0.1) is 0 Å². The third-order valence-corrected chi connectivity index (χ3v) is 5.54. The van der Waals surface area contributed by atoms with Gasteiger partial charge in [-0.25, -0.2) is 0 Å². The standard InChI is InChI=1S/C24H22N2O3/c1-14-7-6-8-15(2)22(14)26-24(29)19-13-18-20(25-23(19)28)11-17(12-21(18)27)16-9-4-3-5-10-16/h3-10,13,17H,11-12H2,1-2H3,(H,25,28)(H,26,29). The molecule has 1 amide bonds. The Morgan fingerprint density at radius 3 is 2.34 bits per heavy atom. The van der Waals surface area contributed by atoms with E-state index in [1.807, 2.05) is 62.4 Å². The maximum absolute atomic E-state index is 12.8. The van der Waals surface area contributed by atoms with Gasteiger partial charge in [0.25, 0.3) is 11.5 Å². The SMILES string of the molecule is Cc1cccc(C)c1NC(=O)c1cc2c([nH]c1=O)CC(c1ccccc1)CC2=O. The molecule has 1 aliphatic rings. The van der Waals surface area contributed by atoms with E-state index >= 15 is 0 Å². The van der Waals surface area contributed by atoms with Crippen LogP contribution >= 0.6 is 0 Å². The second kappa shape index (κ2) is 7.51. The van der Waals surface area contributed by atoms with Crippen LogP contribution in [-0.2, 0) is 6.42 Å². The van der Waals surface area contributed by atoms with Gasteiger partial charge in [-0.2, -0.15) is 0 Å². The first-order valence-corrected chi connectivity index (χ1v) is 9.66. The van der Waals surface area contributed by atoms with Gasteiger partial charge in [-0.05, 0) is 48.9 Å². The molecule has 5 nitrogen and oxygen atoms in total. The number of hydrogen-bond donors (Lipinski definition) is 2. The molecule has 0 saturated heterocycles. The van der Waals surface area contributed by atoms with E-state index in [0.717, 1.165) is 16.7 Å². The van der Waals surface area contributed by atoms with Crippen LogP contribution in [0.5, 0.6) is 0 Å². The van der Waals surface area contributed by atoms with Crippen molar-refractivity contribution < 1.29 is 9.59 Å². The molecular weight excluding hydrogens is 364 g/mol. The minimum absolute atomic E-state index is 0.0288. The Bertz CT molecular complexity index is 1140. The van der Waals surface area contributed by atoms with Crippen LogP contribution in [0.15, 0.2) is 59.4 Å². The van der Waals surface area contributed by atoms with Gasteiger partial charge in [-0.1, -0.05) is 48.5 Å². The topological polar surface area (TPSA) is 79.0 Å². The lowest BCUT2D eigenvalue weighted by atomic mass is 9.81. The van der Waals surface area contributed by atoms with Crippen LogP contribution in [-0.4, -0.2) is 16.7 Å². The fourth-order valence-electron chi connectivity index (χ4n) is 3.95. The van der Waals surface area contributed by atoms with Crippen molar-refractivity contribution in [3.8, 4) is 0 Å². The summed E-state index contributed by atoms with van der Waals surface area (Å²) >= 11 is 0. The predicted octanol–water partition coefficient (Wildman–Crippen LogP) is 4.16. The maximum Gasteiger partial charge on any atom is 0.261 e. The molecule has 0 fully saturated rings. The lowest BCUT2D eigenvalue weighted by Crippen LogP contribution is -2.29. The summed E-state index contributed by atoms with van der Waals surface area (Å²) in [6.07, 6.45) is 0.931. The van der Waals surface area contributed by atoms with Crippen molar-refractivity contribution >= 4 is 17.4 Å². The number of aromatic nitrogens is 1. The Morgan fingerprint density at radius 2 is 1.66 bits per heavy atom. The van der Waals surface area contributed by atoms with Crippen LogP contribution in [0.4, 0.5) is 5.69 Å². The number of pyridine rings is 1. The number of hydrogen-bond acceptors (Lipinski definition) is 3. The molecule has 29 heavy (non-hydrogen) atoms. The average molecular weight is 386 g/mol. The first kappa shape index (κ1) is 18.9. The molecule has 0 spiro atoms. The molecule has 0 radical (unpaired) electrons. The third-order valence-electron chi connectivity index (χ3n) is 5.54. The van der Waals surface area contributed by atoms with E-state index in [2.05, 4.69) is 10.3 Å². The highest BCUT2D eigenvalue weighted by atomic mass is 16.2. The van der Waals surface area contributed by atoms with Crippen LogP contribution < -0.4 is 10.9 Å². The highest BCUT2D eigenvalue weighted by Gasteiger charge is 2.28. The molecule has 3 aromatic rings. The molecule has 146 valence electrons. The largest absolute Gasteiger partial charge is 0.325 e. The molecule has 4 rings (SSSR count). The normalized spacial score (nSPS) is 15.7. The van der Waals surface area contributed by atoms with E-state index in [4.69, 9.17) is 0 Å². The zero-order chi connectivity index (χ0) is 20.5. The summed E-state index contributed by atoms with van der Waals surface area (Å²) in [5.74, 6) is -0.539. The van der Waals surface area contributed by atoms with Crippen molar-refractivity contribution in [3.63, 3.8) is 0 Å². The molecular formula is C24H22N2O3. The Morgan fingerprint density at radius 1 is 0.966 bits per heavy atom. The zero-order valence-corrected chi connectivity index (χ0v) is 16.4. The zero-order valence-electron chi connectivity index (χ0n) is 16.4. The Labute approximate surface area is 168 Å². The van der Waals surface area contributed by atoms with Gasteiger partial charge in [0.15, 0.2) is 5.78 Å². The third kappa shape index (κ3) is 3.63. The highest BCUT2D eigenvalue weighted by Crippen LogP contribution is 2.31. The number of nitrogens with one attached hydrogen (secondary N) is 2. The number of aromatic amines is 1. The van der Waals surface area contributed by atoms with Gasteiger partial charge in [0, 0.05) is 23.4 Å². The Balaban J connectivity index is 1.65. The lowest BCUT2D eigenvalue weighted by Gasteiger charge is -2.24. The minimum Gasteiger partial charge on any atom is -0.325 e. The average Bonchev–Trinajstić information content (AvgIpc) is 2.71. The van der Waals surface area contributed by atoms with E-state index in [9.17, 15) is 14.4 Å². The smallest absolute Gasteiger partial charge is 0.261 e. The van der Waals surface area contributed by atoms with Gasteiger partial charge in [0.1, 0.15) is 5.56 Å². The molecule has 1 heterocycles. The van der Waals surface area contributed by atoms with Crippen molar-refractivity contribution in [2.45, 2.75) is 32.6 Å². The lowest BCUT2D eigenvalue weighted by molar-refractivity contribution is 0.0963. The number of para-hydroxylation sites is 1. The molecule has 2 N–H and O–H groups in total. The molecule has 0 aliphatic heterocycles. The summed E-state index contributed by atoms with van der Waals surface area (Å²) in [6.45, 7) is 3.79. The number of anilines is 1. The summed E-state index contributed by atoms with van der Waals surface area (Å²) in [6, 6.07) is 17.0. The summed E-state index contributed by atoms with van der Waals surface area (Å²) in [4.78, 5) is 40.9. The van der Waals surface area contributed by atoms with Gasteiger partial charge in [0.2, 0.25) is 0 Å². The second-order valence-electron chi connectivity index (χ2n) is 7.56. The van der Waals surface area contributed by atoms with Crippen molar-refractivity contribution in [2.75, 3.05) is 5.32 Å². The quantitative estimate of drug-likeness (QED) is 0.709. The van der Waals surface area contributed by atoms with Gasteiger partial charge in [0.05, 0.1) is 0 Å². The van der Waals surface area contributed by atoms with Crippen LogP contribution in [0.2, 0.25) is 0 Å². The number of Topliss-reactive ketones (excluding diaryl/α,β-unsaturated/α-hetero) is 1. The highest BCUT2D eigenvalue weighted by molar-refractivity contribution is 6.07. The molecule has 1 aliphatic carbocycles. The number of amides is 1. The van der Waals surface area contributed by atoms with Crippen molar-refractivity contribution in [3.05, 3.63) is 98.5 Å². The summed E-state index contributed by atoms with van der Waals surface area (Å²) < 4.78 is 0. The van der Waals surface area contributed by atoms with Crippen molar-refractivity contribution in [1.82, 2.24) is 4.98 Å². The molecule has 1 unspecified atom stereocenters. The fraction of sp³-hybridized carbons (Fsp3) is 0.208. The molecule has 5 heteroatoms. The minimum atomic E-state index is -0.510. The molecule has 2 aromatic carbocycles. The first-order chi connectivity index (χ1) is 13.9. The molecule has 1 atom stereocenters. The van der Waals surface area contributed by atoms with Gasteiger partial charge >= 0.3 is 0 Å². The van der Waals surface area contributed by atoms with Crippen molar-refractivity contribution in [2.24, 2.45) is 0 Å². The number of benzene rings is 2. The number of fused-ring (bicyclic) bond motifs is 1. The van der Waals surface area contributed by atoms with Crippen LogP contribution in [0.1, 0.15) is 55.4 Å². The number of H-pyrrole nitrogens is 1. The number of carbonyl (C=O) groups excluding carboxylic acids is 2. The van der Waals surface area contributed by atoms with Crippen LogP contribution in [0.25, 0.3) is 0 Å². The number of ketones is 1. The van der Waals surface area contributed by atoms with Gasteiger partial charge < -0.3 is 10.3 Å². The second-order valence-corrected chi connectivity index (χ2v) is 7.56. The molecule has 0 bridgehead atoms. The van der Waals surface area contributed by atoms with E-state index < -0.39 is 11.5 Å². The van der Waals surface area contributed by atoms with Gasteiger partial charge in [-0.3, -0.25) is 14.4 Å². The Kier molecular flexibility index (Phi) is 4.89. The van der Waals surface area contributed by atoms with E-state index in [1.165, 1.54) is 6.07 Å². The number of carbonyl (C=O) groups is 2. The summed E-state index contributed by atoms with van der Waals surface area (Å²) in [7, 11) is 0. The van der Waals surface area contributed by atoms with Crippen LogP contribution in [0, 0.1) is 13.8 Å². The first-order valence-electron chi connectivity index (χ1n) is 9.66.